The van der Waals surface area contributed by atoms with Gasteiger partial charge in [-0.3, -0.25) is 9.59 Å². The summed E-state index contributed by atoms with van der Waals surface area (Å²) in [5, 5.41) is 6.79. The molecule has 1 aliphatic heterocycles. The van der Waals surface area contributed by atoms with E-state index in [1.807, 2.05) is 19.1 Å². The van der Waals surface area contributed by atoms with Gasteiger partial charge in [0.1, 0.15) is 17.0 Å². The summed E-state index contributed by atoms with van der Waals surface area (Å²) in [6.45, 7) is 4.81. The summed E-state index contributed by atoms with van der Waals surface area (Å²) >= 11 is 0. The maximum Gasteiger partial charge on any atom is 0.247 e. The van der Waals surface area contributed by atoms with Crippen LogP contribution in [-0.2, 0) is 9.59 Å². The summed E-state index contributed by atoms with van der Waals surface area (Å²) in [4.78, 5) is 29.2. The highest BCUT2D eigenvalue weighted by Crippen LogP contribution is 2.38. The molecule has 7 heteroatoms. The summed E-state index contributed by atoms with van der Waals surface area (Å²) in [6, 6.07) is 3.81. The lowest BCUT2D eigenvalue weighted by atomic mass is 9.93. The van der Waals surface area contributed by atoms with Gasteiger partial charge in [-0.05, 0) is 44.4 Å². The predicted octanol–water partition coefficient (Wildman–Crippen LogP) is 5.15. The minimum absolute atomic E-state index is 0.0980. The number of anilines is 1. The van der Waals surface area contributed by atoms with Crippen LogP contribution >= 0.6 is 0 Å². The molecule has 7 nitrogen and oxygen atoms in total. The van der Waals surface area contributed by atoms with Gasteiger partial charge in [0, 0.05) is 30.8 Å². The molecule has 0 saturated heterocycles. The Balaban J connectivity index is 1.97. The van der Waals surface area contributed by atoms with Gasteiger partial charge in [-0.15, -0.1) is 0 Å². The second-order valence-electron chi connectivity index (χ2n) is 9.93. The normalized spacial score (nSPS) is 22.4. The smallest absolute Gasteiger partial charge is 0.247 e. The van der Waals surface area contributed by atoms with Crippen molar-refractivity contribution in [1.82, 2.24) is 10.2 Å². The van der Waals surface area contributed by atoms with Crippen molar-refractivity contribution in [3.05, 3.63) is 23.8 Å². The van der Waals surface area contributed by atoms with E-state index in [2.05, 4.69) is 17.6 Å². The number of fused-ring (bicyclic) bond motifs is 1. The molecule has 3 rings (SSSR count). The quantitative estimate of drug-likeness (QED) is 0.498. The van der Waals surface area contributed by atoms with Crippen LogP contribution in [-0.4, -0.2) is 55.6 Å². The van der Waals surface area contributed by atoms with E-state index >= 15 is 0 Å². The van der Waals surface area contributed by atoms with E-state index in [1.54, 1.807) is 31.3 Å². The van der Waals surface area contributed by atoms with E-state index in [0.717, 1.165) is 56.2 Å². The molecule has 2 amide bonds. The molecule has 2 N–H and O–H groups in total. The van der Waals surface area contributed by atoms with E-state index in [-0.39, 0.29) is 24.4 Å². The Bertz CT molecular complexity index is 892. The molecule has 1 saturated carbocycles. The number of ether oxygens (including phenoxy) is 2. The number of methoxy groups -OCH3 is 2. The van der Waals surface area contributed by atoms with E-state index in [1.165, 1.54) is 19.3 Å². The lowest BCUT2D eigenvalue weighted by Crippen LogP contribution is -2.63. The number of carbonyl (C=O) groups excluding carboxylic acids is 2. The second-order valence-corrected chi connectivity index (χ2v) is 9.93. The standard InChI is InChI=1S/C28H43N3O4/c1-5-6-12-19-31-25(32)18-15-22-23(34-3)16-17-24(35-4)26(22)29-20-28(31,2)27(33)30-21-13-10-8-7-9-11-14-21/h15-18,21,29H,5-14,19-20H2,1-4H3,(H,30,33)/b18-15+. The number of rotatable bonds is 8. The molecule has 0 radical (unpaired) electrons. The Morgan fingerprint density at radius 3 is 2.37 bits per heavy atom. The van der Waals surface area contributed by atoms with Crippen LogP contribution in [0.5, 0.6) is 11.5 Å². The van der Waals surface area contributed by atoms with Crippen molar-refractivity contribution in [2.45, 2.75) is 89.6 Å². The maximum absolute atomic E-state index is 13.9. The number of unbranched alkanes of at least 4 members (excludes halogenated alkanes) is 2. The molecule has 0 aromatic heterocycles. The van der Waals surface area contributed by atoms with Crippen LogP contribution in [0.25, 0.3) is 6.08 Å². The lowest BCUT2D eigenvalue weighted by Gasteiger charge is -2.41. The van der Waals surface area contributed by atoms with Crippen LogP contribution in [0.15, 0.2) is 18.2 Å². The fraction of sp³-hybridized carbons (Fsp3) is 0.643. The highest BCUT2D eigenvalue weighted by atomic mass is 16.5. The highest BCUT2D eigenvalue weighted by Gasteiger charge is 2.43. The Kier molecular flexibility index (Phi) is 9.87. The molecular weight excluding hydrogens is 442 g/mol. The first-order chi connectivity index (χ1) is 16.9. The summed E-state index contributed by atoms with van der Waals surface area (Å²) in [5.74, 6) is 1.01. The summed E-state index contributed by atoms with van der Waals surface area (Å²) in [7, 11) is 3.22. The van der Waals surface area contributed by atoms with Crippen molar-refractivity contribution < 1.29 is 19.1 Å². The molecule has 0 spiro atoms. The molecule has 0 bridgehead atoms. The zero-order chi connectivity index (χ0) is 25.3. The van der Waals surface area contributed by atoms with Crippen LogP contribution in [0.1, 0.15) is 83.6 Å². The van der Waals surface area contributed by atoms with Gasteiger partial charge < -0.3 is 25.0 Å². The lowest BCUT2D eigenvalue weighted by molar-refractivity contribution is -0.143. The third kappa shape index (κ3) is 6.50. The van der Waals surface area contributed by atoms with Crippen molar-refractivity contribution in [2.24, 2.45) is 0 Å². The third-order valence-electron chi connectivity index (χ3n) is 7.39. The molecule has 1 aromatic carbocycles. The van der Waals surface area contributed by atoms with Crippen LogP contribution in [0.4, 0.5) is 5.69 Å². The molecule has 1 unspecified atom stereocenters. The van der Waals surface area contributed by atoms with Crippen molar-refractivity contribution in [3.63, 3.8) is 0 Å². The molecule has 1 fully saturated rings. The molecule has 194 valence electrons. The summed E-state index contributed by atoms with van der Waals surface area (Å²) in [6.07, 6.45) is 14.2. The van der Waals surface area contributed by atoms with Gasteiger partial charge >= 0.3 is 0 Å². The first-order valence-corrected chi connectivity index (χ1v) is 13.2. The van der Waals surface area contributed by atoms with Crippen molar-refractivity contribution >= 4 is 23.6 Å². The number of amides is 2. The van der Waals surface area contributed by atoms with Gasteiger partial charge in [0.2, 0.25) is 11.8 Å². The second kappa shape index (κ2) is 12.8. The number of benzene rings is 1. The van der Waals surface area contributed by atoms with Gasteiger partial charge in [-0.2, -0.15) is 0 Å². The van der Waals surface area contributed by atoms with Crippen LogP contribution < -0.4 is 20.1 Å². The van der Waals surface area contributed by atoms with Gasteiger partial charge in [-0.1, -0.05) is 51.9 Å². The fourth-order valence-corrected chi connectivity index (χ4v) is 5.14. The zero-order valence-electron chi connectivity index (χ0n) is 22.0. The van der Waals surface area contributed by atoms with E-state index in [0.29, 0.717) is 18.0 Å². The highest BCUT2D eigenvalue weighted by molar-refractivity contribution is 5.99. The van der Waals surface area contributed by atoms with Crippen LogP contribution in [0.3, 0.4) is 0 Å². The Morgan fingerprint density at radius 2 is 1.71 bits per heavy atom. The Hall–Kier alpha value is -2.70. The number of hydrogen-bond donors (Lipinski definition) is 2. The van der Waals surface area contributed by atoms with Gasteiger partial charge in [0.15, 0.2) is 0 Å². The van der Waals surface area contributed by atoms with E-state index in [4.69, 9.17) is 9.47 Å². The minimum atomic E-state index is -1.06. The minimum Gasteiger partial charge on any atom is -0.496 e. The number of hydrogen-bond acceptors (Lipinski definition) is 5. The zero-order valence-corrected chi connectivity index (χ0v) is 22.0. The summed E-state index contributed by atoms with van der Waals surface area (Å²) in [5.41, 5.74) is 0.391. The maximum atomic E-state index is 13.9. The fourth-order valence-electron chi connectivity index (χ4n) is 5.14. The van der Waals surface area contributed by atoms with Gasteiger partial charge in [0.05, 0.1) is 19.9 Å². The Labute approximate surface area is 210 Å². The van der Waals surface area contributed by atoms with Crippen molar-refractivity contribution in [3.8, 4) is 11.5 Å². The topological polar surface area (TPSA) is 79.9 Å². The largest absolute Gasteiger partial charge is 0.496 e. The van der Waals surface area contributed by atoms with Crippen molar-refractivity contribution in [1.29, 1.82) is 0 Å². The monoisotopic (exact) mass is 485 g/mol. The predicted molar refractivity (Wildman–Crippen MR) is 141 cm³/mol. The molecule has 35 heavy (non-hydrogen) atoms. The van der Waals surface area contributed by atoms with E-state index in [9.17, 15) is 9.59 Å². The average Bonchev–Trinajstić information content (AvgIpc) is 2.89. The van der Waals surface area contributed by atoms with E-state index < -0.39 is 5.54 Å². The first-order valence-electron chi connectivity index (χ1n) is 13.2. The molecule has 2 aliphatic rings. The number of nitrogens with zero attached hydrogens (tertiary/aromatic N) is 1. The van der Waals surface area contributed by atoms with Crippen LogP contribution in [0.2, 0.25) is 0 Å². The van der Waals surface area contributed by atoms with Gasteiger partial charge in [-0.25, -0.2) is 0 Å². The third-order valence-corrected chi connectivity index (χ3v) is 7.39. The van der Waals surface area contributed by atoms with Gasteiger partial charge in [0.25, 0.3) is 0 Å². The van der Waals surface area contributed by atoms with Crippen molar-refractivity contribution in [2.75, 3.05) is 32.6 Å². The SMILES string of the molecule is CCCCCN1C(=O)/C=C/c2c(OC)ccc(OC)c2NCC1(C)C(=O)NC1CCCCCCC1. The molecule has 1 aliphatic carbocycles. The molecule has 1 atom stereocenters. The average molecular weight is 486 g/mol. The number of carbonyl (C=O) groups is 2. The Morgan fingerprint density at radius 1 is 1.06 bits per heavy atom. The summed E-state index contributed by atoms with van der Waals surface area (Å²) < 4.78 is 11.2. The first kappa shape index (κ1) is 26.9. The molecule has 1 heterocycles. The number of nitrogens with one attached hydrogen (secondary N) is 2. The molecule has 1 aromatic rings. The molecular formula is C28H43N3O4. The van der Waals surface area contributed by atoms with Crippen LogP contribution in [0, 0.1) is 0 Å².